The fourth-order valence-corrected chi connectivity index (χ4v) is 2.22. The number of aromatic nitrogens is 2. The van der Waals surface area contributed by atoms with E-state index in [0.717, 1.165) is 32.1 Å². The highest BCUT2D eigenvalue weighted by molar-refractivity contribution is 5.32. The molecule has 19 heavy (non-hydrogen) atoms. The summed E-state index contributed by atoms with van der Waals surface area (Å²) < 4.78 is 5.41. The minimum atomic E-state index is 0.442. The molecule has 1 aliphatic rings. The van der Waals surface area contributed by atoms with Gasteiger partial charge in [-0.1, -0.05) is 0 Å². The molecule has 1 aliphatic heterocycles. The Kier molecular flexibility index (Phi) is 4.93. The number of piperazine rings is 1. The van der Waals surface area contributed by atoms with Crippen LogP contribution < -0.4 is 15.4 Å². The fraction of sp³-hybridized carbons (Fsp3) is 0.692. The lowest BCUT2D eigenvalue weighted by Crippen LogP contribution is -2.51. The van der Waals surface area contributed by atoms with Crippen molar-refractivity contribution < 1.29 is 4.74 Å². The zero-order chi connectivity index (χ0) is 13.7. The van der Waals surface area contributed by atoms with Crippen LogP contribution in [0.15, 0.2) is 12.3 Å². The molecule has 2 rings (SSSR count). The van der Waals surface area contributed by atoms with Crippen molar-refractivity contribution in [3.63, 3.8) is 0 Å². The van der Waals surface area contributed by atoms with Crippen molar-refractivity contribution >= 4 is 5.95 Å². The molecule has 6 heteroatoms. The van der Waals surface area contributed by atoms with Crippen molar-refractivity contribution in [1.82, 2.24) is 14.9 Å². The Balaban J connectivity index is 1.95. The molecular formula is C13H23N5O. The van der Waals surface area contributed by atoms with Crippen LogP contribution in [0, 0.1) is 0 Å². The highest BCUT2D eigenvalue weighted by Crippen LogP contribution is 2.15. The second kappa shape index (κ2) is 6.68. The van der Waals surface area contributed by atoms with Crippen molar-refractivity contribution in [2.45, 2.75) is 19.9 Å². The maximum Gasteiger partial charge on any atom is 0.228 e. The van der Waals surface area contributed by atoms with E-state index in [1.54, 1.807) is 12.3 Å². The Morgan fingerprint density at radius 1 is 1.37 bits per heavy atom. The molecule has 0 radical (unpaired) electrons. The van der Waals surface area contributed by atoms with E-state index < -0.39 is 0 Å². The molecule has 0 amide bonds. The lowest BCUT2D eigenvalue weighted by atomic mass is 10.2. The van der Waals surface area contributed by atoms with Crippen LogP contribution in [-0.2, 0) is 0 Å². The predicted octanol–water partition coefficient (Wildman–Crippen LogP) is 0.345. The summed E-state index contributed by atoms with van der Waals surface area (Å²) >= 11 is 0. The van der Waals surface area contributed by atoms with Crippen LogP contribution >= 0.6 is 0 Å². The molecule has 1 aromatic heterocycles. The number of nitrogens with zero attached hydrogens (tertiary/aromatic N) is 4. The van der Waals surface area contributed by atoms with E-state index in [2.05, 4.69) is 26.7 Å². The highest BCUT2D eigenvalue weighted by Gasteiger charge is 2.21. The summed E-state index contributed by atoms with van der Waals surface area (Å²) in [6.45, 7) is 9.31. The first-order valence-corrected chi connectivity index (χ1v) is 6.89. The zero-order valence-corrected chi connectivity index (χ0v) is 11.7. The van der Waals surface area contributed by atoms with Crippen LogP contribution in [0.25, 0.3) is 0 Å². The minimum Gasteiger partial charge on any atom is -0.478 e. The summed E-state index contributed by atoms with van der Waals surface area (Å²) in [5, 5.41) is 0. The number of hydrogen-bond donors (Lipinski definition) is 1. The molecular weight excluding hydrogens is 242 g/mol. The van der Waals surface area contributed by atoms with Gasteiger partial charge in [0.05, 0.1) is 6.61 Å². The topological polar surface area (TPSA) is 67.5 Å². The largest absolute Gasteiger partial charge is 0.478 e. The minimum absolute atomic E-state index is 0.442. The average molecular weight is 265 g/mol. The van der Waals surface area contributed by atoms with Gasteiger partial charge in [0.1, 0.15) is 0 Å². The quantitative estimate of drug-likeness (QED) is 0.828. The van der Waals surface area contributed by atoms with Crippen LogP contribution in [0.3, 0.4) is 0 Å². The normalized spacial score (nSPS) is 18.4. The van der Waals surface area contributed by atoms with Gasteiger partial charge in [0, 0.05) is 51.0 Å². The molecule has 0 bridgehead atoms. The number of hydrogen-bond acceptors (Lipinski definition) is 6. The van der Waals surface area contributed by atoms with Gasteiger partial charge in [-0.3, -0.25) is 4.90 Å². The van der Waals surface area contributed by atoms with Gasteiger partial charge in [-0.2, -0.15) is 4.98 Å². The van der Waals surface area contributed by atoms with Gasteiger partial charge in [0.2, 0.25) is 11.8 Å². The monoisotopic (exact) mass is 265 g/mol. The van der Waals surface area contributed by atoms with Gasteiger partial charge in [0.25, 0.3) is 0 Å². The molecule has 2 heterocycles. The molecule has 1 atom stereocenters. The average Bonchev–Trinajstić information content (AvgIpc) is 2.47. The smallest absolute Gasteiger partial charge is 0.228 e. The van der Waals surface area contributed by atoms with Gasteiger partial charge < -0.3 is 15.4 Å². The molecule has 1 unspecified atom stereocenters. The maximum atomic E-state index is 5.71. The molecule has 106 valence electrons. The first-order valence-electron chi connectivity index (χ1n) is 6.89. The van der Waals surface area contributed by atoms with Crippen molar-refractivity contribution in [2.75, 3.05) is 44.2 Å². The molecule has 1 fully saturated rings. The predicted molar refractivity (Wildman–Crippen MR) is 75.5 cm³/mol. The van der Waals surface area contributed by atoms with Crippen LogP contribution in [0.4, 0.5) is 5.95 Å². The van der Waals surface area contributed by atoms with Crippen LogP contribution in [0.2, 0.25) is 0 Å². The van der Waals surface area contributed by atoms with Crippen LogP contribution in [0.5, 0.6) is 5.88 Å². The van der Waals surface area contributed by atoms with E-state index in [4.69, 9.17) is 10.5 Å². The number of ether oxygens (including phenoxy) is 1. The van der Waals surface area contributed by atoms with Gasteiger partial charge in [-0.25, -0.2) is 4.98 Å². The third kappa shape index (κ3) is 3.54. The summed E-state index contributed by atoms with van der Waals surface area (Å²) in [6.07, 6.45) is 1.75. The third-order valence-corrected chi connectivity index (χ3v) is 3.47. The van der Waals surface area contributed by atoms with E-state index in [-0.39, 0.29) is 0 Å². The zero-order valence-electron chi connectivity index (χ0n) is 11.7. The van der Waals surface area contributed by atoms with Gasteiger partial charge in [0.15, 0.2) is 0 Å². The molecule has 6 nitrogen and oxygen atoms in total. The van der Waals surface area contributed by atoms with E-state index in [1.165, 1.54) is 0 Å². The second-order valence-corrected chi connectivity index (χ2v) is 4.74. The summed E-state index contributed by atoms with van der Waals surface area (Å²) in [5.41, 5.74) is 5.71. The fourth-order valence-electron chi connectivity index (χ4n) is 2.22. The van der Waals surface area contributed by atoms with E-state index >= 15 is 0 Å². The van der Waals surface area contributed by atoms with Crippen molar-refractivity contribution in [2.24, 2.45) is 5.73 Å². The summed E-state index contributed by atoms with van der Waals surface area (Å²) in [4.78, 5) is 13.4. The van der Waals surface area contributed by atoms with E-state index in [1.807, 2.05) is 6.92 Å². The Morgan fingerprint density at radius 3 is 2.74 bits per heavy atom. The molecule has 2 N–H and O–H groups in total. The standard InChI is InChI=1S/C13H23N5O/c1-3-19-12-4-5-15-13(16-12)18-8-6-17(7-9-18)11(2)10-14/h4-5,11H,3,6-10,14H2,1-2H3. The van der Waals surface area contributed by atoms with Crippen molar-refractivity contribution in [3.05, 3.63) is 12.3 Å². The SMILES string of the molecule is CCOc1ccnc(N2CCN(C(C)CN)CC2)n1. The number of nitrogens with two attached hydrogens (primary N) is 1. The van der Waals surface area contributed by atoms with Gasteiger partial charge in [-0.15, -0.1) is 0 Å². The Bertz CT molecular complexity index is 392. The van der Waals surface area contributed by atoms with E-state index in [9.17, 15) is 0 Å². The van der Waals surface area contributed by atoms with Crippen molar-refractivity contribution in [1.29, 1.82) is 0 Å². The molecule has 1 saturated heterocycles. The van der Waals surface area contributed by atoms with Gasteiger partial charge >= 0.3 is 0 Å². The summed E-state index contributed by atoms with van der Waals surface area (Å²) in [6, 6.07) is 2.23. The lowest BCUT2D eigenvalue weighted by molar-refractivity contribution is 0.200. The summed E-state index contributed by atoms with van der Waals surface area (Å²) in [7, 11) is 0. The molecule has 0 aromatic carbocycles. The number of anilines is 1. The summed E-state index contributed by atoms with van der Waals surface area (Å²) in [5.74, 6) is 1.40. The second-order valence-electron chi connectivity index (χ2n) is 4.74. The highest BCUT2D eigenvalue weighted by atomic mass is 16.5. The Labute approximate surface area is 114 Å². The molecule has 0 saturated carbocycles. The first kappa shape index (κ1) is 14.0. The molecule has 0 aliphatic carbocycles. The van der Waals surface area contributed by atoms with E-state index in [0.29, 0.717) is 25.1 Å². The maximum absolute atomic E-state index is 5.71. The third-order valence-electron chi connectivity index (χ3n) is 3.47. The lowest BCUT2D eigenvalue weighted by Gasteiger charge is -2.37. The van der Waals surface area contributed by atoms with Crippen LogP contribution in [0.1, 0.15) is 13.8 Å². The first-order chi connectivity index (χ1) is 9.24. The number of rotatable bonds is 5. The Morgan fingerprint density at radius 2 is 2.11 bits per heavy atom. The van der Waals surface area contributed by atoms with Crippen LogP contribution in [-0.4, -0.2) is 60.2 Å². The van der Waals surface area contributed by atoms with Gasteiger partial charge in [-0.05, 0) is 13.8 Å². The molecule has 0 spiro atoms. The molecule has 1 aromatic rings. The van der Waals surface area contributed by atoms with Crippen molar-refractivity contribution in [3.8, 4) is 5.88 Å². The Hall–Kier alpha value is -1.40.